The Morgan fingerprint density at radius 3 is 2.24 bits per heavy atom. The van der Waals surface area contributed by atoms with E-state index in [4.69, 9.17) is 28.4 Å². The molecule has 1 fully saturated rings. The second kappa shape index (κ2) is 18.4. The molecule has 1 aromatic rings. The molecule has 2 heterocycles. The Hall–Kier alpha value is -2.81. The molecular formula is C33H51NO11. The molecular weight excluding hydrogens is 586 g/mol. The Morgan fingerprint density at radius 2 is 1.67 bits per heavy atom. The van der Waals surface area contributed by atoms with Gasteiger partial charge in [-0.3, -0.25) is 4.79 Å². The van der Waals surface area contributed by atoms with Crippen molar-refractivity contribution in [2.24, 2.45) is 5.92 Å². The molecule has 7 atom stereocenters. The largest absolute Gasteiger partial charge is 0.488 e. The van der Waals surface area contributed by atoms with Gasteiger partial charge >= 0.3 is 0 Å². The minimum atomic E-state index is -1.56. The molecule has 7 unspecified atom stereocenters. The van der Waals surface area contributed by atoms with Gasteiger partial charge in [-0.2, -0.15) is 0 Å². The van der Waals surface area contributed by atoms with Gasteiger partial charge in [0.25, 0.3) is 0 Å². The standard InChI is InChI=1S/C33H51NO11/c1-18(13-14-23-22(5)26(36)31(42-8)32(34-23)43-9)11-10-12-19(2)15-20(3)30(21(4)16-25(40-6)41-7)45-33-29(39)28(38)27(37)24(17-35)44-33/h10,12-13,15-16,20,24-25,27-30,33,35,37-39H,11,14,17H2,1-9H3,(H,34,36). The Bertz CT molecular complexity index is 1260. The topological polar surface area (TPSA) is 169 Å². The van der Waals surface area contributed by atoms with Gasteiger partial charge in [-0.1, -0.05) is 42.4 Å². The van der Waals surface area contributed by atoms with Crippen LogP contribution in [-0.4, -0.2) is 104 Å². The van der Waals surface area contributed by atoms with Crippen LogP contribution in [0.5, 0.6) is 11.6 Å². The van der Waals surface area contributed by atoms with E-state index in [1.54, 1.807) is 13.0 Å². The molecule has 12 heteroatoms. The molecule has 1 saturated heterocycles. The average Bonchev–Trinajstić information content (AvgIpc) is 3.02. The number of pyridine rings is 1. The number of allylic oxidation sites excluding steroid dienone is 5. The van der Waals surface area contributed by atoms with Crippen molar-refractivity contribution in [2.75, 3.05) is 35.0 Å². The molecule has 1 aliphatic heterocycles. The van der Waals surface area contributed by atoms with E-state index in [1.165, 1.54) is 28.4 Å². The highest BCUT2D eigenvalue weighted by Gasteiger charge is 2.45. The second-order valence-electron chi connectivity index (χ2n) is 11.3. The van der Waals surface area contributed by atoms with Crippen molar-refractivity contribution in [3.63, 3.8) is 0 Å². The Balaban J connectivity index is 2.20. The zero-order chi connectivity index (χ0) is 33.8. The molecule has 2 rings (SSSR count). The molecule has 1 aliphatic rings. The van der Waals surface area contributed by atoms with Gasteiger partial charge in [0.15, 0.2) is 12.6 Å². The van der Waals surface area contributed by atoms with Crippen LogP contribution in [0, 0.1) is 12.8 Å². The first-order valence-electron chi connectivity index (χ1n) is 14.9. The maximum Gasteiger partial charge on any atom is 0.238 e. The van der Waals surface area contributed by atoms with Gasteiger partial charge in [0, 0.05) is 37.8 Å². The number of rotatable bonds is 16. The zero-order valence-electron chi connectivity index (χ0n) is 27.8. The molecule has 0 bridgehead atoms. The van der Waals surface area contributed by atoms with Crippen molar-refractivity contribution in [2.45, 2.75) is 90.6 Å². The molecule has 5 N–H and O–H groups in total. The van der Waals surface area contributed by atoms with Crippen LogP contribution in [0.1, 0.15) is 45.4 Å². The van der Waals surface area contributed by atoms with E-state index < -0.39 is 49.7 Å². The molecule has 0 aromatic carbocycles. The highest BCUT2D eigenvalue weighted by atomic mass is 16.7. The summed E-state index contributed by atoms with van der Waals surface area (Å²) in [6.07, 6.45) is 2.79. The van der Waals surface area contributed by atoms with Crippen molar-refractivity contribution in [3.05, 3.63) is 68.6 Å². The summed E-state index contributed by atoms with van der Waals surface area (Å²) in [7, 11) is 5.93. The number of aromatic nitrogens is 1. The lowest BCUT2D eigenvalue weighted by molar-refractivity contribution is -0.310. The van der Waals surface area contributed by atoms with Crippen LogP contribution in [0.25, 0.3) is 0 Å². The SMILES string of the molecule is COc1[nH]c(CC=C(C)CC=CC(C)=CC(C)C(OC2OC(CO)C(O)C(O)C2O)C(C)=CC(OC)OC)c(C)c(=O)c1OC. The zero-order valence-corrected chi connectivity index (χ0v) is 27.8. The number of ether oxygens (including phenoxy) is 6. The van der Waals surface area contributed by atoms with E-state index in [0.29, 0.717) is 24.3 Å². The van der Waals surface area contributed by atoms with E-state index in [2.05, 4.69) is 11.1 Å². The Labute approximate surface area is 265 Å². The summed E-state index contributed by atoms with van der Waals surface area (Å²) >= 11 is 0. The minimum Gasteiger partial charge on any atom is -0.488 e. The third-order valence-corrected chi connectivity index (χ3v) is 7.80. The third kappa shape index (κ3) is 10.3. The van der Waals surface area contributed by atoms with Gasteiger partial charge in [0.1, 0.15) is 24.4 Å². The predicted octanol–water partition coefficient (Wildman–Crippen LogP) is 2.47. The summed E-state index contributed by atoms with van der Waals surface area (Å²) in [6, 6.07) is 0. The number of aliphatic hydroxyl groups excluding tert-OH is 4. The molecule has 45 heavy (non-hydrogen) atoms. The lowest BCUT2D eigenvalue weighted by Crippen LogP contribution is -2.60. The maximum atomic E-state index is 12.6. The van der Waals surface area contributed by atoms with E-state index in [1.807, 2.05) is 45.9 Å². The highest BCUT2D eigenvalue weighted by molar-refractivity contribution is 5.40. The first-order valence-corrected chi connectivity index (χ1v) is 14.9. The number of hydrogen-bond acceptors (Lipinski definition) is 11. The van der Waals surface area contributed by atoms with Gasteiger partial charge in [-0.15, -0.1) is 0 Å². The van der Waals surface area contributed by atoms with Gasteiger partial charge in [-0.25, -0.2) is 0 Å². The normalized spacial score (nSPS) is 24.8. The molecule has 0 aliphatic carbocycles. The van der Waals surface area contributed by atoms with Crippen LogP contribution in [-0.2, 0) is 25.4 Å². The van der Waals surface area contributed by atoms with E-state index in [0.717, 1.165) is 22.4 Å². The fourth-order valence-electron chi connectivity index (χ4n) is 5.09. The molecule has 0 saturated carbocycles. The molecule has 12 nitrogen and oxygen atoms in total. The molecule has 0 radical (unpaired) electrons. The van der Waals surface area contributed by atoms with Crippen LogP contribution < -0.4 is 14.9 Å². The van der Waals surface area contributed by atoms with Gasteiger partial charge in [-0.05, 0) is 45.8 Å². The van der Waals surface area contributed by atoms with E-state index in [9.17, 15) is 25.2 Å². The van der Waals surface area contributed by atoms with E-state index in [-0.39, 0.29) is 17.1 Å². The van der Waals surface area contributed by atoms with Crippen molar-refractivity contribution in [1.29, 1.82) is 0 Å². The van der Waals surface area contributed by atoms with Crippen LogP contribution >= 0.6 is 0 Å². The molecule has 254 valence electrons. The van der Waals surface area contributed by atoms with Crippen LogP contribution in [0.2, 0.25) is 0 Å². The minimum absolute atomic E-state index is 0.155. The lowest BCUT2D eigenvalue weighted by Gasteiger charge is -2.41. The number of aromatic amines is 1. The lowest BCUT2D eigenvalue weighted by atomic mass is 9.94. The van der Waals surface area contributed by atoms with Crippen molar-refractivity contribution >= 4 is 0 Å². The Kier molecular flexibility index (Phi) is 15.7. The van der Waals surface area contributed by atoms with Crippen LogP contribution in [0.4, 0.5) is 0 Å². The smallest absolute Gasteiger partial charge is 0.238 e. The van der Waals surface area contributed by atoms with Crippen molar-refractivity contribution in [1.82, 2.24) is 4.98 Å². The van der Waals surface area contributed by atoms with Gasteiger partial charge in [0.05, 0.1) is 26.9 Å². The maximum absolute atomic E-state index is 12.6. The predicted molar refractivity (Wildman–Crippen MR) is 169 cm³/mol. The highest BCUT2D eigenvalue weighted by Crippen LogP contribution is 2.28. The van der Waals surface area contributed by atoms with Crippen molar-refractivity contribution in [3.8, 4) is 11.6 Å². The summed E-state index contributed by atoms with van der Waals surface area (Å²) in [6.45, 7) is 8.94. The van der Waals surface area contributed by atoms with Crippen LogP contribution in [0.15, 0.2) is 51.9 Å². The average molecular weight is 638 g/mol. The van der Waals surface area contributed by atoms with Gasteiger partial charge < -0.3 is 53.8 Å². The number of methoxy groups -OCH3 is 4. The quantitative estimate of drug-likeness (QED) is 0.103. The molecule has 1 aromatic heterocycles. The number of aliphatic hydroxyl groups is 4. The van der Waals surface area contributed by atoms with Crippen molar-refractivity contribution < 1.29 is 48.8 Å². The molecule has 0 spiro atoms. The fraction of sp³-hybridized carbons (Fsp3) is 0.606. The summed E-state index contributed by atoms with van der Waals surface area (Å²) in [5.74, 6) is 0.208. The Morgan fingerprint density at radius 1 is 1.00 bits per heavy atom. The monoisotopic (exact) mass is 637 g/mol. The number of H-pyrrole nitrogens is 1. The van der Waals surface area contributed by atoms with E-state index >= 15 is 0 Å². The summed E-state index contributed by atoms with van der Waals surface area (Å²) in [4.78, 5) is 15.7. The number of nitrogens with one attached hydrogen (secondary N) is 1. The summed E-state index contributed by atoms with van der Waals surface area (Å²) in [5.41, 5.74) is 3.91. The van der Waals surface area contributed by atoms with Gasteiger partial charge in [0.2, 0.25) is 17.1 Å². The number of hydrogen-bond donors (Lipinski definition) is 5. The molecule has 0 amide bonds. The van der Waals surface area contributed by atoms with Crippen LogP contribution in [0.3, 0.4) is 0 Å². The third-order valence-electron chi connectivity index (χ3n) is 7.80. The second-order valence-corrected chi connectivity index (χ2v) is 11.3. The first kappa shape index (κ1) is 38.4. The summed E-state index contributed by atoms with van der Waals surface area (Å²) in [5, 5.41) is 40.6. The fourth-order valence-corrected chi connectivity index (χ4v) is 5.09. The summed E-state index contributed by atoms with van der Waals surface area (Å²) < 4.78 is 32.9. The first-order chi connectivity index (χ1) is 21.3.